The van der Waals surface area contributed by atoms with Gasteiger partial charge in [-0.15, -0.1) is 0 Å². The van der Waals surface area contributed by atoms with Crippen molar-refractivity contribution in [3.05, 3.63) is 23.8 Å². The van der Waals surface area contributed by atoms with Crippen LogP contribution >= 0.6 is 0 Å². The largest absolute Gasteiger partial charge is 0.494 e. The van der Waals surface area contributed by atoms with Gasteiger partial charge >= 0.3 is 6.18 Å². The summed E-state index contributed by atoms with van der Waals surface area (Å²) < 4.78 is 41.8. The number of alkyl halides is 3. The average molecular weight is 290 g/mol. The maximum atomic E-state index is 12.2. The second-order valence-corrected chi connectivity index (χ2v) is 4.42. The first-order valence-electron chi connectivity index (χ1n) is 6.12. The molecule has 112 valence electrons. The lowest BCUT2D eigenvalue weighted by Gasteiger charge is -2.16. The molecule has 0 saturated heterocycles. The minimum atomic E-state index is -4.32. The zero-order chi connectivity index (χ0) is 15.3. The smallest absolute Gasteiger partial charge is 0.391 e. The SMILES string of the molecule is CCOc1cc(N)cc(C(=O)NC(C)CC(F)(F)F)c1. The molecule has 1 unspecified atom stereocenters. The molecule has 1 rings (SSSR count). The van der Waals surface area contributed by atoms with Gasteiger partial charge in [0.05, 0.1) is 13.0 Å². The number of hydrogen-bond acceptors (Lipinski definition) is 3. The van der Waals surface area contributed by atoms with Crippen molar-refractivity contribution in [3.63, 3.8) is 0 Å². The second kappa shape index (κ2) is 6.49. The van der Waals surface area contributed by atoms with E-state index in [1.807, 2.05) is 0 Å². The summed E-state index contributed by atoms with van der Waals surface area (Å²) in [5, 5.41) is 2.28. The van der Waals surface area contributed by atoms with Crippen molar-refractivity contribution in [2.75, 3.05) is 12.3 Å². The number of nitrogens with two attached hydrogens (primary N) is 1. The van der Waals surface area contributed by atoms with E-state index in [4.69, 9.17) is 10.5 Å². The molecule has 1 aromatic carbocycles. The van der Waals surface area contributed by atoms with Crippen LogP contribution in [0.25, 0.3) is 0 Å². The topological polar surface area (TPSA) is 64.3 Å². The van der Waals surface area contributed by atoms with Gasteiger partial charge < -0.3 is 15.8 Å². The molecule has 0 aliphatic heterocycles. The normalized spacial score (nSPS) is 12.8. The Morgan fingerprint density at radius 3 is 2.60 bits per heavy atom. The summed E-state index contributed by atoms with van der Waals surface area (Å²) in [6.45, 7) is 3.46. The Kier molecular flexibility index (Phi) is 5.24. The van der Waals surface area contributed by atoms with E-state index in [1.165, 1.54) is 19.1 Å². The molecule has 3 N–H and O–H groups in total. The molecule has 0 radical (unpaired) electrons. The standard InChI is InChI=1S/C13H17F3N2O2/c1-3-20-11-5-9(4-10(17)6-11)12(19)18-8(2)7-13(14,15)16/h4-6,8H,3,7,17H2,1-2H3,(H,18,19). The van der Waals surface area contributed by atoms with E-state index < -0.39 is 24.5 Å². The molecule has 0 spiro atoms. The molecule has 0 fully saturated rings. The van der Waals surface area contributed by atoms with Crippen LogP contribution < -0.4 is 15.8 Å². The quantitative estimate of drug-likeness (QED) is 0.820. The Labute approximate surface area is 115 Å². The number of anilines is 1. The van der Waals surface area contributed by atoms with E-state index in [2.05, 4.69) is 5.32 Å². The van der Waals surface area contributed by atoms with E-state index in [1.54, 1.807) is 13.0 Å². The first kappa shape index (κ1) is 16.1. The summed E-state index contributed by atoms with van der Waals surface area (Å²) in [6.07, 6.45) is -5.40. The fourth-order valence-corrected chi connectivity index (χ4v) is 1.71. The number of carbonyl (C=O) groups is 1. The molecular formula is C13H17F3N2O2. The van der Waals surface area contributed by atoms with Crippen molar-refractivity contribution < 1.29 is 22.7 Å². The predicted octanol–water partition coefficient (Wildman–Crippen LogP) is 2.74. The molecular weight excluding hydrogens is 273 g/mol. The van der Waals surface area contributed by atoms with Gasteiger partial charge in [-0.25, -0.2) is 0 Å². The van der Waals surface area contributed by atoms with E-state index in [0.717, 1.165) is 0 Å². The number of amides is 1. The number of ether oxygens (including phenoxy) is 1. The van der Waals surface area contributed by atoms with Crippen molar-refractivity contribution in [2.45, 2.75) is 32.5 Å². The summed E-state index contributed by atoms with van der Waals surface area (Å²) in [5.41, 5.74) is 6.10. The molecule has 0 aliphatic rings. The Morgan fingerprint density at radius 2 is 2.05 bits per heavy atom. The lowest BCUT2D eigenvalue weighted by molar-refractivity contribution is -0.138. The Hall–Kier alpha value is -1.92. The summed E-state index contributed by atoms with van der Waals surface area (Å²) >= 11 is 0. The van der Waals surface area contributed by atoms with Gasteiger partial charge in [0.1, 0.15) is 5.75 Å². The van der Waals surface area contributed by atoms with Crippen molar-refractivity contribution >= 4 is 11.6 Å². The minimum Gasteiger partial charge on any atom is -0.494 e. The van der Waals surface area contributed by atoms with E-state index >= 15 is 0 Å². The Bertz CT molecular complexity index is 475. The molecule has 1 amide bonds. The third kappa shape index (κ3) is 5.38. The zero-order valence-corrected chi connectivity index (χ0v) is 11.3. The molecule has 0 saturated carbocycles. The van der Waals surface area contributed by atoms with E-state index in [0.29, 0.717) is 18.0 Å². The number of hydrogen-bond donors (Lipinski definition) is 2. The highest BCUT2D eigenvalue weighted by Crippen LogP contribution is 2.22. The van der Waals surface area contributed by atoms with Crippen LogP contribution in [-0.4, -0.2) is 24.7 Å². The van der Waals surface area contributed by atoms with E-state index in [-0.39, 0.29) is 5.56 Å². The lowest BCUT2D eigenvalue weighted by atomic mass is 10.1. The minimum absolute atomic E-state index is 0.169. The van der Waals surface area contributed by atoms with E-state index in [9.17, 15) is 18.0 Å². The second-order valence-electron chi connectivity index (χ2n) is 4.42. The number of rotatable bonds is 5. The van der Waals surface area contributed by atoms with Gasteiger partial charge in [0, 0.05) is 23.4 Å². The summed E-state index contributed by atoms with van der Waals surface area (Å²) in [6, 6.07) is 3.35. The van der Waals surface area contributed by atoms with Gasteiger partial charge in [0.2, 0.25) is 0 Å². The fourth-order valence-electron chi connectivity index (χ4n) is 1.71. The number of nitrogens with one attached hydrogen (secondary N) is 1. The zero-order valence-electron chi connectivity index (χ0n) is 11.3. The van der Waals surface area contributed by atoms with Crippen molar-refractivity contribution in [3.8, 4) is 5.75 Å². The molecule has 0 heterocycles. The van der Waals surface area contributed by atoms with Crippen LogP contribution in [0.4, 0.5) is 18.9 Å². The summed E-state index contributed by atoms with van der Waals surface area (Å²) in [4.78, 5) is 11.9. The van der Waals surface area contributed by atoms with Crippen LogP contribution in [0.3, 0.4) is 0 Å². The molecule has 1 atom stereocenters. The lowest BCUT2D eigenvalue weighted by Crippen LogP contribution is -2.36. The summed E-state index contributed by atoms with van der Waals surface area (Å²) in [7, 11) is 0. The molecule has 7 heteroatoms. The van der Waals surface area contributed by atoms with Crippen LogP contribution in [0.1, 0.15) is 30.6 Å². The Morgan fingerprint density at radius 1 is 1.40 bits per heavy atom. The third-order valence-corrected chi connectivity index (χ3v) is 2.42. The maximum absolute atomic E-state index is 12.2. The third-order valence-electron chi connectivity index (χ3n) is 2.42. The van der Waals surface area contributed by atoms with Crippen LogP contribution in [0.5, 0.6) is 5.75 Å². The number of benzene rings is 1. The first-order chi connectivity index (χ1) is 9.21. The highest BCUT2D eigenvalue weighted by molar-refractivity contribution is 5.95. The van der Waals surface area contributed by atoms with Crippen LogP contribution in [0.15, 0.2) is 18.2 Å². The number of carbonyl (C=O) groups excluding carboxylic acids is 1. The Balaban J connectivity index is 2.76. The monoisotopic (exact) mass is 290 g/mol. The molecule has 0 aromatic heterocycles. The maximum Gasteiger partial charge on any atom is 0.391 e. The molecule has 1 aromatic rings. The van der Waals surface area contributed by atoms with Gasteiger partial charge in [0.15, 0.2) is 0 Å². The van der Waals surface area contributed by atoms with Gasteiger partial charge in [-0.3, -0.25) is 4.79 Å². The predicted molar refractivity (Wildman–Crippen MR) is 69.6 cm³/mol. The fraction of sp³-hybridized carbons (Fsp3) is 0.462. The van der Waals surface area contributed by atoms with Crippen LogP contribution in [0.2, 0.25) is 0 Å². The van der Waals surface area contributed by atoms with Gasteiger partial charge in [-0.05, 0) is 26.0 Å². The van der Waals surface area contributed by atoms with Gasteiger partial charge in [-0.2, -0.15) is 13.2 Å². The number of halogens is 3. The van der Waals surface area contributed by atoms with Gasteiger partial charge in [0.25, 0.3) is 5.91 Å². The molecule has 4 nitrogen and oxygen atoms in total. The van der Waals surface area contributed by atoms with Crippen LogP contribution in [0, 0.1) is 0 Å². The van der Waals surface area contributed by atoms with Gasteiger partial charge in [-0.1, -0.05) is 0 Å². The van der Waals surface area contributed by atoms with Crippen LogP contribution in [-0.2, 0) is 0 Å². The molecule has 0 aliphatic carbocycles. The summed E-state index contributed by atoms with van der Waals surface area (Å²) in [5.74, 6) is -0.212. The van der Waals surface area contributed by atoms with Crippen molar-refractivity contribution in [1.29, 1.82) is 0 Å². The highest BCUT2D eigenvalue weighted by Gasteiger charge is 2.30. The first-order valence-corrected chi connectivity index (χ1v) is 6.12. The van der Waals surface area contributed by atoms with Crippen molar-refractivity contribution in [1.82, 2.24) is 5.32 Å². The number of nitrogen functional groups attached to an aromatic ring is 1. The van der Waals surface area contributed by atoms with Crippen molar-refractivity contribution in [2.24, 2.45) is 0 Å². The average Bonchev–Trinajstić information content (AvgIpc) is 2.25. The molecule has 0 bridgehead atoms. The molecule has 20 heavy (non-hydrogen) atoms. The highest BCUT2D eigenvalue weighted by atomic mass is 19.4.